The zero-order chi connectivity index (χ0) is 19.1. The topological polar surface area (TPSA) is 126 Å². The van der Waals surface area contributed by atoms with E-state index in [9.17, 15) is 14.4 Å². The van der Waals surface area contributed by atoms with E-state index in [4.69, 9.17) is 9.47 Å². The second-order valence-corrected chi connectivity index (χ2v) is 6.63. The van der Waals surface area contributed by atoms with Gasteiger partial charge in [0.2, 0.25) is 5.91 Å². The van der Waals surface area contributed by atoms with E-state index in [0.29, 0.717) is 24.5 Å². The fourth-order valence-corrected chi connectivity index (χ4v) is 2.93. The number of aromatic amines is 2. The SMILES string of the molecule is COc1ccc(CCNC(=O)C(C)Sc2n[nH]c(=O)[nH]c2=O)cc1OC. The first-order valence-electron chi connectivity index (χ1n) is 7.79. The van der Waals surface area contributed by atoms with Crippen molar-refractivity contribution in [1.82, 2.24) is 20.5 Å². The normalized spacial score (nSPS) is 11.7. The number of nitrogens with one attached hydrogen (secondary N) is 3. The molecule has 1 heterocycles. The van der Waals surface area contributed by atoms with Gasteiger partial charge in [0, 0.05) is 6.54 Å². The number of carbonyl (C=O) groups is 1. The van der Waals surface area contributed by atoms with Crippen LogP contribution in [-0.4, -0.2) is 47.1 Å². The summed E-state index contributed by atoms with van der Waals surface area (Å²) in [6.45, 7) is 2.08. The van der Waals surface area contributed by atoms with Gasteiger partial charge in [0.25, 0.3) is 5.56 Å². The quantitative estimate of drug-likeness (QED) is 0.563. The highest BCUT2D eigenvalue weighted by Gasteiger charge is 2.17. The van der Waals surface area contributed by atoms with Crippen molar-refractivity contribution in [3.05, 3.63) is 44.6 Å². The van der Waals surface area contributed by atoms with Crippen LogP contribution < -0.4 is 26.0 Å². The fourth-order valence-electron chi connectivity index (χ4n) is 2.15. The Bertz CT molecular complexity index is 879. The largest absolute Gasteiger partial charge is 0.493 e. The number of hydrogen-bond donors (Lipinski definition) is 3. The first-order chi connectivity index (χ1) is 12.4. The third-order valence-electron chi connectivity index (χ3n) is 3.50. The Hall–Kier alpha value is -2.75. The van der Waals surface area contributed by atoms with Gasteiger partial charge >= 0.3 is 5.69 Å². The summed E-state index contributed by atoms with van der Waals surface area (Å²) in [5.41, 5.74) is -0.322. The Kier molecular flexibility index (Phi) is 6.84. The van der Waals surface area contributed by atoms with Crippen LogP contribution in [0.5, 0.6) is 11.5 Å². The average Bonchev–Trinajstić information content (AvgIpc) is 2.63. The number of carbonyl (C=O) groups excluding carboxylic acids is 1. The molecule has 0 saturated carbocycles. The molecule has 1 amide bonds. The van der Waals surface area contributed by atoms with Crippen molar-refractivity contribution in [1.29, 1.82) is 0 Å². The molecule has 3 N–H and O–H groups in total. The highest BCUT2D eigenvalue weighted by Crippen LogP contribution is 2.27. The predicted molar refractivity (Wildman–Crippen MR) is 97.1 cm³/mol. The molecule has 2 aromatic rings. The van der Waals surface area contributed by atoms with Crippen molar-refractivity contribution in [2.24, 2.45) is 0 Å². The van der Waals surface area contributed by atoms with E-state index >= 15 is 0 Å². The van der Waals surface area contributed by atoms with Gasteiger partial charge in [-0.1, -0.05) is 17.8 Å². The maximum atomic E-state index is 12.2. The van der Waals surface area contributed by atoms with Crippen molar-refractivity contribution < 1.29 is 14.3 Å². The molecule has 10 heteroatoms. The lowest BCUT2D eigenvalue weighted by atomic mass is 10.1. The number of nitrogens with zero attached hydrogens (tertiary/aromatic N) is 1. The molecule has 0 bridgehead atoms. The number of aromatic nitrogens is 3. The Morgan fingerprint density at radius 2 is 2.00 bits per heavy atom. The Labute approximate surface area is 153 Å². The minimum absolute atomic E-state index is 0.0344. The van der Waals surface area contributed by atoms with E-state index in [1.54, 1.807) is 21.1 Å². The van der Waals surface area contributed by atoms with Crippen LogP contribution in [0.15, 0.2) is 32.8 Å². The van der Waals surface area contributed by atoms with Crippen molar-refractivity contribution in [3.63, 3.8) is 0 Å². The summed E-state index contributed by atoms with van der Waals surface area (Å²) in [5, 5.41) is 8.07. The summed E-state index contributed by atoms with van der Waals surface area (Å²) in [6, 6.07) is 5.56. The molecule has 140 valence electrons. The monoisotopic (exact) mass is 380 g/mol. The lowest BCUT2D eigenvalue weighted by Crippen LogP contribution is -2.33. The van der Waals surface area contributed by atoms with E-state index in [1.807, 2.05) is 18.2 Å². The van der Waals surface area contributed by atoms with Crippen LogP contribution in [0.25, 0.3) is 0 Å². The summed E-state index contributed by atoms with van der Waals surface area (Å²) in [4.78, 5) is 36.8. The number of thioether (sulfide) groups is 1. The second-order valence-electron chi connectivity index (χ2n) is 5.30. The second kappa shape index (κ2) is 9.09. The molecule has 1 aromatic carbocycles. The maximum absolute atomic E-state index is 12.2. The molecule has 2 rings (SSSR count). The first kappa shape index (κ1) is 19.6. The highest BCUT2D eigenvalue weighted by molar-refractivity contribution is 8.00. The van der Waals surface area contributed by atoms with E-state index < -0.39 is 16.5 Å². The maximum Gasteiger partial charge on any atom is 0.342 e. The van der Waals surface area contributed by atoms with E-state index in [1.165, 1.54) is 0 Å². The first-order valence-corrected chi connectivity index (χ1v) is 8.66. The van der Waals surface area contributed by atoms with Gasteiger partial charge in [-0.2, -0.15) is 5.10 Å². The molecular formula is C16H20N4O5S. The third-order valence-corrected chi connectivity index (χ3v) is 4.57. The van der Waals surface area contributed by atoms with Crippen LogP contribution in [-0.2, 0) is 11.2 Å². The van der Waals surface area contributed by atoms with Gasteiger partial charge in [0.1, 0.15) is 0 Å². The highest BCUT2D eigenvalue weighted by atomic mass is 32.2. The van der Waals surface area contributed by atoms with Crippen molar-refractivity contribution >= 4 is 17.7 Å². The Morgan fingerprint density at radius 1 is 1.27 bits per heavy atom. The van der Waals surface area contributed by atoms with Gasteiger partial charge in [-0.15, -0.1) is 0 Å². The number of hydrogen-bond acceptors (Lipinski definition) is 7. The molecule has 1 unspecified atom stereocenters. The fraction of sp³-hybridized carbons (Fsp3) is 0.375. The molecular weight excluding hydrogens is 360 g/mol. The van der Waals surface area contributed by atoms with E-state index in [-0.39, 0.29) is 10.9 Å². The van der Waals surface area contributed by atoms with Gasteiger partial charge < -0.3 is 14.8 Å². The lowest BCUT2D eigenvalue weighted by Gasteiger charge is -2.12. The molecule has 1 aromatic heterocycles. The zero-order valence-corrected chi connectivity index (χ0v) is 15.4. The zero-order valence-electron chi connectivity index (χ0n) is 14.6. The van der Waals surface area contributed by atoms with E-state index in [0.717, 1.165) is 17.3 Å². The Morgan fingerprint density at radius 3 is 2.65 bits per heavy atom. The molecule has 0 aliphatic rings. The van der Waals surface area contributed by atoms with Crippen molar-refractivity contribution in [2.75, 3.05) is 20.8 Å². The van der Waals surface area contributed by atoms with Gasteiger partial charge in [-0.3, -0.25) is 14.6 Å². The third kappa shape index (κ3) is 5.12. The molecule has 0 radical (unpaired) electrons. The minimum Gasteiger partial charge on any atom is -0.493 e. The smallest absolute Gasteiger partial charge is 0.342 e. The molecule has 0 fully saturated rings. The standard InChI is InChI=1S/C16H20N4O5S/c1-9(26-15-14(22)18-16(23)20-19-15)13(21)17-7-6-10-4-5-11(24-2)12(8-10)25-3/h4-5,8-9H,6-7H2,1-3H3,(H,17,21)(H2,18,20,22,23). The van der Waals surface area contributed by atoms with Crippen molar-refractivity contribution in [2.45, 2.75) is 23.6 Å². The molecule has 0 saturated heterocycles. The molecule has 0 aliphatic carbocycles. The molecule has 0 aliphatic heterocycles. The van der Waals surface area contributed by atoms with Crippen LogP contribution in [0.3, 0.4) is 0 Å². The summed E-state index contributed by atoms with van der Waals surface area (Å²) < 4.78 is 10.4. The summed E-state index contributed by atoms with van der Waals surface area (Å²) in [5.74, 6) is 1.04. The Balaban J connectivity index is 1.88. The van der Waals surface area contributed by atoms with Gasteiger partial charge in [-0.25, -0.2) is 9.89 Å². The van der Waals surface area contributed by atoms with Crippen molar-refractivity contribution in [3.8, 4) is 11.5 Å². The van der Waals surface area contributed by atoms with Gasteiger partial charge in [0.15, 0.2) is 16.5 Å². The van der Waals surface area contributed by atoms with Crippen LogP contribution in [0, 0.1) is 0 Å². The average molecular weight is 380 g/mol. The molecule has 9 nitrogen and oxygen atoms in total. The number of rotatable bonds is 8. The number of benzene rings is 1. The van der Waals surface area contributed by atoms with Gasteiger partial charge in [0.05, 0.1) is 19.5 Å². The lowest BCUT2D eigenvalue weighted by molar-refractivity contribution is -0.120. The van der Waals surface area contributed by atoms with Crippen LogP contribution in [0.4, 0.5) is 0 Å². The number of amides is 1. The van der Waals surface area contributed by atoms with Crippen LogP contribution >= 0.6 is 11.8 Å². The number of methoxy groups -OCH3 is 2. The summed E-state index contributed by atoms with van der Waals surface area (Å²) in [6.07, 6.45) is 0.612. The summed E-state index contributed by atoms with van der Waals surface area (Å²) in [7, 11) is 3.13. The van der Waals surface area contributed by atoms with Crippen LogP contribution in [0.2, 0.25) is 0 Å². The van der Waals surface area contributed by atoms with Gasteiger partial charge in [-0.05, 0) is 31.0 Å². The summed E-state index contributed by atoms with van der Waals surface area (Å²) >= 11 is 0.971. The number of ether oxygens (including phenoxy) is 2. The predicted octanol–water partition coefficient (Wildman–Crippen LogP) is 0.315. The molecule has 0 spiro atoms. The van der Waals surface area contributed by atoms with E-state index in [2.05, 4.69) is 20.5 Å². The molecule has 1 atom stereocenters. The minimum atomic E-state index is -0.689. The van der Waals surface area contributed by atoms with Crippen LogP contribution in [0.1, 0.15) is 12.5 Å². The molecule has 26 heavy (non-hydrogen) atoms. The number of H-pyrrole nitrogens is 2.